The Morgan fingerprint density at radius 3 is 2.32 bits per heavy atom. The molecule has 6 nitrogen and oxygen atoms in total. The van der Waals surface area contributed by atoms with Gasteiger partial charge in [-0.15, -0.1) is 0 Å². The van der Waals surface area contributed by atoms with Gasteiger partial charge >= 0.3 is 6.18 Å². The van der Waals surface area contributed by atoms with Crippen LogP contribution in [0.3, 0.4) is 0 Å². The summed E-state index contributed by atoms with van der Waals surface area (Å²) in [6.07, 6.45) is -4.73. The van der Waals surface area contributed by atoms with E-state index in [1.54, 1.807) is 30.4 Å². The lowest BCUT2D eigenvalue weighted by molar-refractivity contribution is -0.138. The smallest absolute Gasteiger partial charge is 0.405 e. The third-order valence-electron chi connectivity index (χ3n) is 3.50. The van der Waals surface area contributed by atoms with Crippen molar-refractivity contribution in [2.75, 3.05) is 17.9 Å². The van der Waals surface area contributed by atoms with Crippen LogP contribution in [0, 0.1) is 0 Å². The van der Waals surface area contributed by atoms with E-state index in [2.05, 4.69) is 4.72 Å². The van der Waals surface area contributed by atoms with Crippen LogP contribution in [-0.4, -0.2) is 33.7 Å². The van der Waals surface area contributed by atoms with Gasteiger partial charge in [-0.1, -0.05) is 24.3 Å². The number of hydrogen-bond donors (Lipinski definition) is 2. The fraction of sp³-hybridized carbons (Fsp3) is 0.278. The number of rotatable bonds is 8. The molecule has 0 aliphatic heterocycles. The molecule has 2 aromatic carbocycles. The zero-order valence-corrected chi connectivity index (χ0v) is 15.7. The Bertz CT molecular complexity index is 913. The maximum atomic E-state index is 12.6. The van der Waals surface area contributed by atoms with Gasteiger partial charge in [-0.2, -0.15) is 13.2 Å². The number of ether oxygens (including phenoxy) is 1. The Hall–Kier alpha value is -2.75. The monoisotopic (exact) mass is 416 g/mol. The molecular weight excluding hydrogens is 397 g/mol. The van der Waals surface area contributed by atoms with E-state index in [1.165, 1.54) is 30.3 Å². The van der Waals surface area contributed by atoms with Crippen LogP contribution in [0.25, 0.3) is 0 Å². The van der Waals surface area contributed by atoms with E-state index in [4.69, 9.17) is 4.74 Å². The molecule has 2 N–H and O–H groups in total. The Morgan fingerprint density at radius 1 is 1.07 bits per heavy atom. The second-order valence-electron chi connectivity index (χ2n) is 5.75. The number of halogens is 3. The minimum absolute atomic E-state index is 0.0209. The van der Waals surface area contributed by atoms with E-state index in [0.29, 0.717) is 12.2 Å². The van der Waals surface area contributed by atoms with Gasteiger partial charge in [0.1, 0.15) is 17.2 Å². The lowest BCUT2D eigenvalue weighted by Crippen LogP contribution is -2.34. The van der Waals surface area contributed by atoms with Gasteiger partial charge in [-0.25, -0.2) is 8.42 Å². The van der Waals surface area contributed by atoms with Crippen molar-refractivity contribution >= 4 is 21.6 Å². The van der Waals surface area contributed by atoms with Gasteiger partial charge in [0.2, 0.25) is 5.91 Å². The first-order valence-corrected chi connectivity index (χ1v) is 9.76. The number of anilines is 1. The number of carbonyl (C=O) groups excluding carboxylic acids is 1. The third kappa shape index (κ3) is 6.45. The number of alkyl halides is 3. The lowest BCUT2D eigenvalue weighted by Gasteiger charge is -2.13. The molecule has 0 radical (unpaired) electrons. The Balaban J connectivity index is 2.05. The van der Waals surface area contributed by atoms with Gasteiger partial charge in [-0.05, 0) is 36.8 Å². The summed E-state index contributed by atoms with van der Waals surface area (Å²) in [5, 5.41) is 1.77. The van der Waals surface area contributed by atoms with Gasteiger partial charge in [0, 0.05) is 5.69 Å². The molecule has 0 heterocycles. The van der Waals surface area contributed by atoms with Gasteiger partial charge in [0.05, 0.1) is 13.0 Å². The average molecular weight is 416 g/mol. The van der Waals surface area contributed by atoms with Gasteiger partial charge in [0.15, 0.2) is 0 Å². The molecule has 10 heteroatoms. The molecule has 0 saturated heterocycles. The fourth-order valence-corrected chi connectivity index (χ4v) is 3.50. The first kappa shape index (κ1) is 21.5. The Kier molecular flexibility index (Phi) is 6.90. The summed E-state index contributed by atoms with van der Waals surface area (Å²) in [7, 11) is -3.91. The number of hydrogen-bond acceptors (Lipinski definition) is 4. The lowest BCUT2D eigenvalue weighted by atomic mass is 10.1. The highest BCUT2D eigenvalue weighted by atomic mass is 32.2. The molecular formula is C18H19F3N2O4S. The van der Waals surface area contributed by atoms with Crippen LogP contribution in [0.15, 0.2) is 53.4 Å². The number of carbonyl (C=O) groups is 1. The van der Waals surface area contributed by atoms with Crippen LogP contribution in [-0.2, 0) is 21.2 Å². The van der Waals surface area contributed by atoms with Gasteiger partial charge in [-0.3, -0.25) is 9.52 Å². The van der Waals surface area contributed by atoms with Gasteiger partial charge in [0.25, 0.3) is 10.0 Å². The molecule has 0 spiro atoms. The normalized spacial score (nSPS) is 11.7. The van der Waals surface area contributed by atoms with Crippen molar-refractivity contribution in [2.24, 2.45) is 0 Å². The third-order valence-corrected chi connectivity index (χ3v) is 4.92. The molecule has 0 aromatic heterocycles. The van der Waals surface area contributed by atoms with Crippen molar-refractivity contribution in [2.45, 2.75) is 24.4 Å². The van der Waals surface area contributed by atoms with E-state index in [9.17, 15) is 26.4 Å². The summed E-state index contributed by atoms with van der Waals surface area (Å²) in [5.74, 6) is -0.563. The topological polar surface area (TPSA) is 84.5 Å². The summed E-state index contributed by atoms with van der Waals surface area (Å²) in [6, 6.07) is 11.9. The molecule has 0 bridgehead atoms. The number of amides is 1. The summed E-state index contributed by atoms with van der Waals surface area (Å²) in [5.41, 5.74) is 0.683. The second-order valence-corrected chi connectivity index (χ2v) is 7.40. The van der Waals surface area contributed by atoms with E-state index < -0.39 is 28.7 Å². The van der Waals surface area contributed by atoms with E-state index in [0.717, 1.165) is 0 Å². The van der Waals surface area contributed by atoms with Crippen molar-refractivity contribution in [3.8, 4) is 5.75 Å². The van der Waals surface area contributed by atoms with Crippen molar-refractivity contribution in [3.05, 3.63) is 54.1 Å². The summed E-state index contributed by atoms with van der Waals surface area (Å²) in [6.45, 7) is 0.640. The highest BCUT2D eigenvalue weighted by Gasteiger charge is 2.27. The Labute approximate surface area is 160 Å². The second kappa shape index (κ2) is 8.96. The zero-order valence-electron chi connectivity index (χ0n) is 14.9. The quantitative estimate of drug-likeness (QED) is 0.693. The predicted octanol–water partition coefficient (Wildman–Crippen LogP) is 3.11. The number of nitrogens with one attached hydrogen (secondary N) is 2. The number of para-hydroxylation sites is 1. The molecule has 152 valence electrons. The molecule has 2 aromatic rings. The molecule has 0 atom stereocenters. The SMILES string of the molecule is CCOc1ccccc1S(=O)(=O)Nc1ccc(CC(=O)NCC(F)(F)F)cc1. The highest BCUT2D eigenvalue weighted by Crippen LogP contribution is 2.25. The average Bonchev–Trinajstić information content (AvgIpc) is 2.61. The minimum atomic E-state index is -4.48. The highest BCUT2D eigenvalue weighted by molar-refractivity contribution is 7.92. The molecule has 1 amide bonds. The standard InChI is InChI=1S/C18H19F3N2O4S/c1-2-27-15-5-3-4-6-16(15)28(25,26)23-14-9-7-13(8-10-14)11-17(24)22-12-18(19,20)21/h3-10,23H,2,11-12H2,1H3,(H,22,24). The minimum Gasteiger partial charge on any atom is -0.492 e. The number of benzene rings is 2. The summed E-state index contributed by atoms with van der Waals surface area (Å²) in [4.78, 5) is 11.5. The van der Waals surface area contributed by atoms with E-state index in [-0.39, 0.29) is 22.8 Å². The first-order valence-electron chi connectivity index (χ1n) is 8.28. The van der Waals surface area contributed by atoms with E-state index in [1.807, 2.05) is 0 Å². The van der Waals surface area contributed by atoms with Crippen LogP contribution in [0.1, 0.15) is 12.5 Å². The zero-order chi connectivity index (χ0) is 20.8. The summed E-state index contributed by atoms with van der Waals surface area (Å²) < 4.78 is 69.2. The number of sulfonamides is 1. The van der Waals surface area contributed by atoms with Crippen molar-refractivity contribution in [1.82, 2.24) is 5.32 Å². The van der Waals surface area contributed by atoms with Crippen molar-refractivity contribution in [1.29, 1.82) is 0 Å². The maximum Gasteiger partial charge on any atom is 0.405 e. The van der Waals surface area contributed by atoms with Crippen LogP contribution >= 0.6 is 0 Å². The predicted molar refractivity (Wildman–Crippen MR) is 97.6 cm³/mol. The molecule has 0 aliphatic carbocycles. The molecule has 0 aliphatic rings. The van der Waals surface area contributed by atoms with Gasteiger partial charge < -0.3 is 10.1 Å². The first-order chi connectivity index (χ1) is 13.1. The molecule has 28 heavy (non-hydrogen) atoms. The van der Waals surface area contributed by atoms with Crippen LogP contribution in [0.5, 0.6) is 5.75 Å². The van der Waals surface area contributed by atoms with Crippen LogP contribution in [0.4, 0.5) is 18.9 Å². The molecule has 0 fully saturated rings. The van der Waals surface area contributed by atoms with Crippen LogP contribution < -0.4 is 14.8 Å². The fourth-order valence-electron chi connectivity index (χ4n) is 2.29. The maximum absolute atomic E-state index is 12.6. The molecule has 0 saturated carbocycles. The van der Waals surface area contributed by atoms with E-state index >= 15 is 0 Å². The van der Waals surface area contributed by atoms with Crippen molar-refractivity contribution in [3.63, 3.8) is 0 Å². The van der Waals surface area contributed by atoms with Crippen LogP contribution in [0.2, 0.25) is 0 Å². The largest absolute Gasteiger partial charge is 0.492 e. The summed E-state index contributed by atoms with van der Waals surface area (Å²) >= 11 is 0. The Morgan fingerprint density at radius 2 is 1.71 bits per heavy atom. The molecule has 2 rings (SSSR count). The molecule has 0 unspecified atom stereocenters. The van der Waals surface area contributed by atoms with Crippen molar-refractivity contribution < 1.29 is 31.1 Å².